The first-order valence-electron chi connectivity index (χ1n) is 6.30. The van der Waals surface area contributed by atoms with Crippen molar-refractivity contribution in [2.45, 2.75) is 39.0 Å². The number of aromatic carboxylic acids is 1. The largest absolute Gasteiger partial charge is 0.493 e. The van der Waals surface area contributed by atoms with Crippen LogP contribution in [-0.4, -0.2) is 17.7 Å². The fourth-order valence-corrected chi connectivity index (χ4v) is 1.84. The summed E-state index contributed by atoms with van der Waals surface area (Å²) in [6.07, 6.45) is 5.68. The molecule has 0 atom stereocenters. The van der Waals surface area contributed by atoms with Gasteiger partial charge in [-0.2, -0.15) is 0 Å². The number of benzene rings is 1. The molecule has 0 saturated heterocycles. The maximum absolute atomic E-state index is 11.0. The Labute approximate surface area is 113 Å². The lowest BCUT2D eigenvalue weighted by molar-refractivity contribution is 0.0692. The lowest BCUT2D eigenvalue weighted by Crippen LogP contribution is -2.04. The van der Waals surface area contributed by atoms with E-state index in [4.69, 9.17) is 21.4 Å². The second-order valence-electron chi connectivity index (χ2n) is 4.21. The van der Waals surface area contributed by atoms with Gasteiger partial charge in [0.25, 0.3) is 0 Å². The van der Waals surface area contributed by atoms with Gasteiger partial charge in [0.15, 0.2) is 0 Å². The summed E-state index contributed by atoms with van der Waals surface area (Å²) in [5, 5.41) is 9.49. The first-order valence-corrected chi connectivity index (χ1v) is 6.68. The normalized spacial score (nSPS) is 10.3. The van der Waals surface area contributed by atoms with Crippen LogP contribution in [0.3, 0.4) is 0 Å². The maximum Gasteiger partial charge on any atom is 0.339 e. The fourth-order valence-electron chi connectivity index (χ4n) is 1.68. The highest BCUT2D eigenvalue weighted by molar-refractivity contribution is 6.30. The van der Waals surface area contributed by atoms with Crippen molar-refractivity contribution in [3.05, 3.63) is 28.8 Å². The van der Waals surface area contributed by atoms with Crippen LogP contribution in [0.2, 0.25) is 5.02 Å². The Kier molecular flexibility index (Phi) is 6.58. The molecule has 1 aromatic carbocycles. The predicted molar refractivity (Wildman–Crippen MR) is 72.7 cm³/mol. The Bertz CT molecular complexity index is 391. The molecule has 0 amide bonds. The van der Waals surface area contributed by atoms with Crippen LogP contribution in [0.25, 0.3) is 0 Å². The Morgan fingerprint density at radius 2 is 2.00 bits per heavy atom. The molecule has 0 aliphatic rings. The number of carbonyl (C=O) groups is 1. The zero-order valence-electron chi connectivity index (χ0n) is 10.6. The molecular formula is C14H19ClO3. The van der Waals surface area contributed by atoms with E-state index in [-0.39, 0.29) is 5.56 Å². The Hall–Kier alpha value is -1.22. The zero-order valence-corrected chi connectivity index (χ0v) is 11.4. The van der Waals surface area contributed by atoms with Gasteiger partial charge in [-0.3, -0.25) is 0 Å². The van der Waals surface area contributed by atoms with Crippen LogP contribution in [0.1, 0.15) is 49.4 Å². The molecular weight excluding hydrogens is 252 g/mol. The molecule has 1 aromatic rings. The van der Waals surface area contributed by atoms with Crippen molar-refractivity contribution in [1.82, 2.24) is 0 Å². The van der Waals surface area contributed by atoms with Gasteiger partial charge in [-0.15, -0.1) is 0 Å². The number of unbranched alkanes of at least 4 members (excludes halogenated alkanes) is 4. The number of rotatable bonds is 8. The maximum atomic E-state index is 11.0. The van der Waals surface area contributed by atoms with Gasteiger partial charge in [0.2, 0.25) is 0 Å². The van der Waals surface area contributed by atoms with E-state index >= 15 is 0 Å². The molecule has 100 valence electrons. The highest BCUT2D eigenvalue weighted by Crippen LogP contribution is 2.23. The smallest absolute Gasteiger partial charge is 0.339 e. The third-order valence-corrected chi connectivity index (χ3v) is 2.91. The third kappa shape index (κ3) is 4.96. The zero-order chi connectivity index (χ0) is 13.4. The number of hydrogen-bond acceptors (Lipinski definition) is 2. The molecule has 0 aliphatic heterocycles. The molecule has 0 radical (unpaired) electrons. The van der Waals surface area contributed by atoms with E-state index in [0.29, 0.717) is 17.4 Å². The van der Waals surface area contributed by atoms with Gasteiger partial charge in [-0.05, 0) is 24.6 Å². The highest BCUT2D eigenvalue weighted by atomic mass is 35.5. The second-order valence-corrected chi connectivity index (χ2v) is 4.64. The van der Waals surface area contributed by atoms with Crippen molar-refractivity contribution < 1.29 is 14.6 Å². The summed E-state index contributed by atoms with van der Waals surface area (Å²) in [5.41, 5.74) is 0.160. The number of carboxylic acid groups (broad SMARTS) is 1. The van der Waals surface area contributed by atoms with Gasteiger partial charge in [-0.1, -0.05) is 44.2 Å². The molecule has 18 heavy (non-hydrogen) atoms. The van der Waals surface area contributed by atoms with Crippen molar-refractivity contribution >= 4 is 17.6 Å². The summed E-state index contributed by atoms with van der Waals surface area (Å²) in [5.74, 6) is -0.641. The number of halogens is 1. The summed E-state index contributed by atoms with van der Waals surface area (Å²) in [6, 6.07) is 4.58. The van der Waals surface area contributed by atoms with Crippen molar-refractivity contribution in [1.29, 1.82) is 0 Å². The van der Waals surface area contributed by atoms with E-state index < -0.39 is 5.97 Å². The van der Waals surface area contributed by atoms with Crippen LogP contribution in [0.15, 0.2) is 18.2 Å². The number of carboxylic acids is 1. The lowest BCUT2D eigenvalue weighted by Gasteiger charge is -2.09. The average molecular weight is 271 g/mol. The summed E-state index contributed by atoms with van der Waals surface area (Å²) >= 11 is 5.83. The summed E-state index contributed by atoms with van der Waals surface area (Å²) in [7, 11) is 0. The van der Waals surface area contributed by atoms with Crippen LogP contribution < -0.4 is 4.74 Å². The molecule has 3 nitrogen and oxygen atoms in total. The minimum atomic E-state index is -0.993. The van der Waals surface area contributed by atoms with E-state index in [2.05, 4.69) is 6.92 Å². The van der Waals surface area contributed by atoms with Crippen LogP contribution in [0.5, 0.6) is 5.75 Å². The first-order chi connectivity index (χ1) is 8.65. The summed E-state index contributed by atoms with van der Waals surface area (Å²) < 4.78 is 5.49. The van der Waals surface area contributed by atoms with Crippen LogP contribution in [0.4, 0.5) is 0 Å². The average Bonchev–Trinajstić information content (AvgIpc) is 2.33. The third-order valence-electron chi connectivity index (χ3n) is 2.68. The topological polar surface area (TPSA) is 46.5 Å². The van der Waals surface area contributed by atoms with Crippen LogP contribution in [0, 0.1) is 0 Å². The predicted octanol–water partition coefficient (Wildman–Crippen LogP) is 4.39. The van der Waals surface area contributed by atoms with Gasteiger partial charge in [0, 0.05) is 5.02 Å². The monoisotopic (exact) mass is 270 g/mol. The molecule has 0 heterocycles. The summed E-state index contributed by atoms with van der Waals surface area (Å²) in [4.78, 5) is 11.0. The van der Waals surface area contributed by atoms with E-state index in [1.807, 2.05) is 0 Å². The molecule has 0 bridgehead atoms. The van der Waals surface area contributed by atoms with Crippen molar-refractivity contribution in [2.75, 3.05) is 6.61 Å². The SMILES string of the molecule is CCCCCCCOc1cc(Cl)ccc1C(=O)O. The molecule has 0 saturated carbocycles. The van der Waals surface area contributed by atoms with Crippen LogP contribution >= 0.6 is 11.6 Å². The summed E-state index contributed by atoms with van der Waals surface area (Å²) in [6.45, 7) is 2.70. The Balaban J connectivity index is 2.45. The molecule has 1 N–H and O–H groups in total. The van der Waals surface area contributed by atoms with Gasteiger partial charge in [0.1, 0.15) is 11.3 Å². The Morgan fingerprint density at radius 1 is 1.28 bits per heavy atom. The van der Waals surface area contributed by atoms with Crippen LogP contribution in [-0.2, 0) is 0 Å². The number of ether oxygens (including phenoxy) is 1. The van der Waals surface area contributed by atoms with E-state index in [1.165, 1.54) is 25.3 Å². The molecule has 0 unspecified atom stereocenters. The molecule has 4 heteroatoms. The van der Waals surface area contributed by atoms with Gasteiger partial charge in [-0.25, -0.2) is 4.79 Å². The van der Waals surface area contributed by atoms with E-state index in [0.717, 1.165) is 12.8 Å². The quantitative estimate of drug-likeness (QED) is 0.713. The molecule has 1 rings (SSSR count). The van der Waals surface area contributed by atoms with E-state index in [1.54, 1.807) is 12.1 Å². The minimum absolute atomic E-state index is 0.160. The first kappa shape index (κ1) is 14.8. The van der Waals surface area contributed by atoms with Crippen molar-refractivity contribution in [3.63, 3.8) is 0 Å². The van der Waals surface area contributed by atoms with Gasteiger partial charge >= 0.3 is 5.97 Å². The van der Waals surface area contributed by atoms with Gasteiger partial charge < -0.3 is 9.84 Å². The molecule has 0 aromatic heterocycles. The molecule has 0 spiro atoms. The highest BCUT2D eigenvalue weighted by Gasteiger charge is 2.11. The second kappa shape index (κ2) is 7.98. The van der Waals surface area contributed by atoms with E-state index in [9.17, 15) is 4.79 Å². The van der Waals surface area contributed by atoms with Crippen molar-refractivity contribution in [2.24, 2.45) is 0 Å². The minimum Gasteiger partial charge on any atom is -0.493 e. The molecule has 0 aliphatic carbocycles. The standard InChI is InChI=1S/C14H19ClO3/c1-2-3-4-5-6-9-18-13-10-11(15)7-8-12(13)14(16)17/h7-8,10H,2-6,9H2,1H3,(H,16,17). The van der Waals surface area contributed by atoms with Crippen molar-refractivity contribution in [3.8, 4) is 5.75 Å². The number of hydrogen-bond donors (Lipinski definition) is 1. The molecule has 0 fully saturated rings. The fraction of sp³-hybridized carbons (Fsp3) is 0.500. The van der Waals surface area contributed by atoms with Gasteiger partial charge in [0.05, 0.1) is 6.61 Å². The lowest BCUT2D eigenvalue weighted by atomic mass is 10.1. The Morgan fingerprint density at radius 3 is 2.67 bits per heavy atom.